The van der Waals surface area contributed by atoms with Gasteiger partial charge in [-0.05, 0) is 35.4 Å². The van der Waals surface area contributed by atoms with E-state index in [1.54, 1.807) is 30.3 Å². The van der Waals surface area contributed by atoms with E-state index in [2.05, 4.69) is 12.1 Å². The van der Waals surface area contributed by atoms with Crippen molar-refractivity contribution in [2.75, 3.05) is 32.2 Å². The van der Waals surface area contributed by atoms with Crippen LogP contribution in [0.1, 0.15) is 31.2 Å². The molecule has 6 nitrogen and oxygen atoms in total. The summed E-state index contributed by atoms with van der Waals surface area (Å²) in [5.41, 5.74) is 3.80. The lowest BCUT2D eigenvalue weighted by Gasteiger charge is -2.16. The third-order valence-corrected chi connectivity index (χ3v) is 7.06. The van der Waals surface area contributed by atoms with Crippen molar-refractivity contribution in [2.45, 2.75) is 0 Å². The van der Waals surface area contributed by atoms with Crippen molar-refractivity contribution in [2.24, 2.45) is 0 Å². The number of anilines is 1. The summed E-state index contributed by atoms with van der Waals surface area (Å²) in [5.74, 6) is 0.981. The highest BCUT2D eigenvalue weighted by Crippen LogP contribution is 2.48. The molecule has 5 rings (SSSR count). The molecule has 2 aliphatic rings. The van der Waals surface area contributed by atoms with Gasteiger partial charge in [-0.2, -0.15) is 10.5 Å². The molecule has 36 heavy (non-hydrogen) atoms. The number of ketones is 1. The largest absolute Gasteiger partial charge is 0.485 e. The van der Waals surface area contributed by atoms with Gasteiger partial charge in [0.1, 0.15) is 30.9 Å². The fraction of sp³-hybridized carbons (Fsp3) is 0.138. The Labute approximate surface area is 213 Å². The second-order valence-corrected chi connectivity index (χ2v) is 9.50. The van der Waals surface area contributed by atoms with Gasteiger partial charge in [-0.25, -0.2) is 0 Å². The number of thiophene rings is 1. The van der Waals surface area contributed by atoms with Gasteiger partial charge in [0.2, 0.25) is 0 Å². The van der Waals surface area contributed by atoms with Crippen LogP contribution >= 0.6 is 11.3 Å². The minimum absolute atomic E-state index is 0.0940. The van der Waals surface area contributed by atoms with Crippen molar-refractivity contribution in [3.63, 3.8) is 0 Å². The molecule has 2 aromatic carbocycles. The average Bonchev–Trinajstić information content (AvgIpc) is 3.39. The van der Waals surface area contributed by atoms with Gasteiger partial charge in [-0.3, -0.25) is 4.79 Å². The standard InChI is InChI=1S/C29H21N3O3S/c1-32(2)20-10-7-18(8-11-20)9-12-24-28-29(35-14-13-34-28)25(36-24)15-23-26(19(16-30)17-31)21-5-3-4-6-22(21)27(23)33/h3-12,15H,13-14H2,1-2H3/b12-9+,23-15-. The number of nitriles is 2. The van der Waals surface area contributed by atoms with E-state index in [-0.39, 0.29) is 11.4 Å². The van der Waals surface area contributed by atoms with Crippen LogP contribution in [-0.2, 0) is 0 Å². The predicted octanol–water partition coefficient (Wildman–Crippen LogP) is 5.84. The first-order valence-electron chi connectivity index (χ1n) is 11.3. The minimum Gasteiger partial charge on any atom is -0.485 e. The molecule has 3 aromatic rings. The quantitative estimate of drug-likeness (QED) is 0.337. The van der Waals surface area contributed by atoms with Crippen molar-refractivity contribution >= 4 is 46.6 Å². The number of hydrogen-bond donors (Lipinski definition) is 0. The fourth-order valence-corrected chi connectivity index (χ4v) is 5.27. The zero-order valence-electron chi connectivity index (χ0n) is 19.7. The van der Waals surface area contributed by atoms with E-state index >= 15 is 0 Å². The Kier molecular flexibility index (Phi) is 6.16. The number of Topliss-reactive ketones (excluding diaryl/α,β-unsaturated/α-hetero) is 1. The molecule has 0 saturated heterocycles. The molecule has 1 aliphatic carbocycles. The Bertz CT molecular complexity index is 1530. The van der Waals surface area contributed by atoms with E-state index in [1.165, 1.54) is 11.3 Å². The second kappa shape index (κ2) is 9.58. The molecular weight excluding hydrogens is 470 g/mol. The summed E-state index contributed by atoms with van der Waals surface area (Å²) < 4.78 is 11.9. The van der Waals surface area contributed by atoms with Gasteiger partial charge in [0, 0.05) is 36.5 Å². The van der Waals surface area contributed by atoms with Gasteiger partial charge in [0.05, 0.1) is 9.75 Å². The van der Waals surface area contributed by atoms with E-state index < -0.39 is 0 Å². The number of nitrogens with zero attached hydrogens (tertiary/aromatic N) is 3. The summed E-state index contributed by atoms with van der Waals surface area (Å²) in [7, 11) is 4.00. The summed E-state index contributed by atoms with van der Waals surface area (Å²) in [6, 6.07) is 19.1. The highest BCUT2D eigenvalue weighted by Gasteiger charge is 2.33. The van der Waals surface area contributed by atoms with Gasteiger partial charge in [0.25, 0.3) is 0 Å². The first kappa shape index (κ1) is 23.2. The Morgan fingerprint density at radius 2 is 1.56 bits per heavy atom. The maximum atomic E-state index is 13.3. The third kappa shape index (κ3) is 4.07. The third-order valence-electron chi connectivity index (χ3n) is 5.99. The summed E-state index contributed by atoms with van der Waals surface area (Å²) in [6.45, 7) is 0.828. The maximum Gasteiger partial charge on any atom is 0.194 e. The molecule has 2 heterocycles. The summed E-state index contributed by atoms with van der Waals surface area (Å²) in [5, 5.41) is 19.2. The van der Waals surface area contributed by atoms with E-state index in [0.717, 1.165) is 16.1 Å². The summed E-state index contributed by atoms with van der Waals surface area (Å²) in [6.07, 6.45) is 5.70. The Morgan fingerprint density at radius 3 is 2.19 bits per heavy atom. The van der Waals surface area contributed by atoms with Gasteiger partial charge in [0.15, 0.2) is 17.3 Å². The van der Waals surface area contributed by atoms with Crippen LogP contribution in [0.4, 0.5) is 5.69 Å². The van der Waals surface area contributed by atoms with Gasteiger partial charge >= 0.3 is 0 Å². The number of fused-ring (bicyclic) bond motifs is 2. The predicted molar refractivity (Wildman–Crippen MR) is 142 cm³/mol. The molecule has 1 aromatic heterocycles. The van der Waals surface area contributed by atoms with Gasteiger partial charge in [-0.15, -0.1) is 11.3 Å². The maximum absolute atomic E-state index is 13.3. The molecule has 0 unspecified atom stereocenters. The number of ether oxygens (including phenoxy) is 2. The molecular formula is C29H21N3O3S. The van der Waals surface area contributed by atoms with Crippen LogP contribution in [0.25, 0.3) is 23.8 Å². The van der Waals surface area contributed by atoms with Crippen LogP contribution in [0.15, 0.2) is 59.7 Å². The topological polar surface area (TPSA) is 86.4 Å². The first-order valence-corrected chi connectivity index (χ1v) is 12.1. The van der Waals surface area contributed by atoms with E-state index in [1.807, 2.05) is 55.4 Å². The molecule has 176 valence electrons. The number of carbonyl (C=O) groups is 1. The zero-order chi connectivity index (χ0) is 25.2. The van der Waals surface area contributed by atoms with Crippen molar-refractivity contribution in [3.8, 4) is 23.6 Å². The van der Waals surface area contributed by atoms with Crippen molar-refractivity contribution < 1.29 is 14.3 Å². The van der Waals surface area contributed by atoms with E-state index in [4.69, 9.17) is 9.47 Å². The van der Waals surface area contributed by atoms with Gasteiger partial charge < -0.3 is 14.4 Å². The lowest BCUT2D eigenvalue weighted by molar-refractivity contribution is 0.104. The van der Waals surface area contributed by atoms with Crippen LogP contribution in [0.3, 0.4) is 0 Å². The first-order chi connectivity index (χ1) is 17.5. The van der Waals surface area contributed by atoms with Crippen LogP contribution in [-0.4, -0.2) is 33.1 Å². The van der Waals surface area contributed by atoms with Crippen LogP contribution in [0.5, 0.6) is 11.5 Å². The molecule has 0 bridgehead atoms. The number of carbonyl (C=O) groups excluding carboxylic acids is 1. The zero-order valence-corrected chi connectivity index (χ0v) is 20.6. The molecule has 7 heteroatoms. The van der Waals surface area contributed by atoms with Crippen LogP contribution in [0.2, 0.25) is 0 Å². The Hall–Kier alpha value is -4.59. The van der Waals surface area contributed by atoms with E-state index in [9.17, 15) is 15.3 Å². The normalized spacial score (nSPS) is 15.1. The molecule has 0 spiro atoms. The number of allylic oxidation sites excluding steroid dienone is 3. The van der Waals surface area contributed by atoms with Gasteiger partial charge in [-0.1, -0.05) is 42.5 Å². The molecule has 0 N–H and O–H groups in total. The molecule has 0 atom stereocenters. The Morgan fingerprint density at radius 1 is 0.917 bits per heavy atom. The van der Waals surface area contributed by atoms with Crippen LogP contribution in [0, 0.1) is 22.7 Å². The Balaban J connectivity index is 1.59. The molecule has 1 aliphatic heterocycles. The highest BCUT2D eigenvalue weighted by atomic mass is 32.1. The van der Waals surface area contributed by atoms with Crippen molar-refractivity contribution in [3.05, 3.63) is 86.1 Å². The molecule has 0 radical (unpaired) electrons. The number of benzene rings is 2. The molecule has 0 fully saturated rings. The average molecular weight is 492 g/mol. The van der Waals surface area contributed by atoms with Crippen molar-refractivity contribution in [1.29, 1.82) is 10.5 Å². The summed E-state index contributed by atoms with van der Waals surface area (Å²) >= 11 is 1.44. The molecule has 0 amide bonds. The SMILES string of the molecule is CN(C)c1ccc(/C=C/c2sc(/C=C3\C(=O)c4ccccc4C3=C(C#N)C#N)c3c2OCCO3)cc1. The smallest absolute Gasteiger partial charge is 0.194 e. The van der Waals surface area contributed by atoms with Crippen LogP contribution < -0.4 is 14.4 Å². The fourth-order valence-electron chi connectivity index (χ4n) is 4.23. The monoisotopic (exact) mass is 491 g/mol. The number of rotatable bonds is 4. The summed E-state index contributed by atoms with van der Waals surface area (Å²) in [4.78, 5) is 16.9. The lowest BCUT2D eigenvalue weighted by Crippen LogP contribution is -2.15. The lowest BCUT2D eigenvalue weighted by atomic mass is 9.99. The minimum atomic E-state index is -0.222. The highest BCUT2D eigenvalue weighted by molar-refractivity contribution is 7.14. The molecule has 0 saturated carbocycles. The second-order valence-electron chi connectivity index (χ2n) is 8.41. The van der Waals surface area contributed by atoms with Crippen molar-refractivity contribution in [1.82, 2.24) is 0 Å². The number of hydrogen-bond acceptors (Lipinski definition) is 7. The van der Waals surface area contributed by atoms with E-state index in [0.29, 0.717) is 51.9 Å².